The Labute approximate surface area is 213 Å². The van der Waals surface area contributed by atoms with Gasteiger partial charge in [0.05, 0.1) is 7.11 Å². The Morgan fingerprint density at radius 3 is 2.53 bits per heavy atom. The number of amides is 1. The van der Waals surface area contributed by atoms with Gasteiger partial charge in [0.2, 0.25) is 0 Å². The fraction of sp³-hybridized carbons (Fsp3) is 0.367. The normalized spacial score (nSPS) is 17.9. The number of carbonyl (C=O) groups excluding carboxylic acids is 1. The summed E-state index contributed by atoms with van der Waals surface area (Å²) in [6.07, 6.45) is 0. The van der Waals surface area contributed by atoms with Crippen molar-refractivity contribution in [2.75, 3.05) is 33.3 Å². The molecule has 5 nitrogen and oxygen atoms in total. The molecule has 1 heterocycles. The lowest BCUT2D eigenvalue weighted by molar-refractivity contribution is 0.0703. The van der Waals surface area contributed by atoms with Crippen molar-refractivity contribution >= 4 is 5.91 Å². The molecule has 1 aliphatic heterocycles. The minimum atomic E-state index is -0.351. The van der Waals surface area contributed by atoms with Gasteiger partial charge in [-0.3, -0.25) is 9.69 Å². The first kappa shape index (κ1) is 25.7. The third kappa shape index (κ3) is 6.24. The van der Waals surface area contributed by atoms with Crippen molar-refractivity contribution in [2.24, 2.45) is 11.8 Å². The number of benzene rings is 3. The van der Waals surface area contributed by atoms with Crippen LogP contribution in [0.1, 0.15) is 41.3 Å². The van der Waals surface area contributed by atoms with E-state index < -0.39 is 0 Å². The average Bonchev–Trinajstić information content (AvgIpc) is 3.27. The highest BCUT2D eigenvalue weighted by atomic mass is 19.1. The second kappa shape index (κ2) is 11.6. The number of carbonyl (C=O) groups is 1. The SMILES string of the molecule is COc1cccc([C@@H]2CN(Cc3ccccc3O)C[C@@H]2CN(CC(C)C)C(=O)c2ccc(F)cc2)c1. The number of hydrogen-bond acceptors (Lipinski definition) is 4. The lowest BCUT2D eigenvalue weighted by Crippen LogP contribution is -2.39. The summed E-state index contributed by atoms with van der Waals surface area (Å²) in [6.45, 7) is 7.66. The molecule has 4 rings (SSSR count). The standard InChI is InChI=1S/C30H35FN2O3/c1-21(2)16-33(30(35)22-11-13-26(31)14-12-22)19-25-18-32(17-24-7-4-5-10-29(24)34)20-28(25)23-8-6-9-27(15-23)36-3/h4-15,21,25,28,34H,16-20H2,1-3H3/t25-,28+/m1/s1. The van der Waals surface area contributed by atoms with Gasteiger partial charge in [-0.1, -0.05) is 44.2 Å². The molecule has 1 amide bonds. The van der Waals surface area contributed by atoms with Crippen LogP contribution >= 0.6 is 0 Å². The summed E-state index contributed by atoms with van der Waals surface area (Å²) in [5.41, 5.74) is 2.57. The van der Waals surface area contributed by atoms with Crippen LogP contribution in [0.5, 0.6) is 11.5 Å². The van der Waals surface area contributed by atoms with Gasteiger partial charge in [0.1, 0.15) is 17.3 Å². The fourth-order valence-electron chi connectivity index (χ4n) is 5.15. The van der Waals surface area contributed by atoms with Crippen molar-refractivity contribution in [1.82, 2.24) is 9.80 Å². The molecule has 0 aliphatic carbocycles. The molecule has 0 saturated carbocycles. The van der Waals surface area contributed by atoms with Crippen molar-refractivity contribution in [3.05, 3.63) is 95.3 Å². The number of methoxy groups -OCH3 is 1. The van der Waals surface area contributed by atoms with Crippen molar-refractivity contribution in [3.63, 3.8) is 0 Å². The van der Waals surface area contributed by atoms with E-state index in [-0.39, 0.29) is 23.6 Å². The van der Waals surface area contributed by atoms with Crippen LogP contribution in [0, 0.1) is 17.7 Å². The van der Waals surface area contributed by atoms with Crippen molar-refractivity contribution in [1.29, 1.82) is 0 Å². The number of aromatic hydroxyl groups is 1. The highest BCUT2D eigenvalue weighted by molar-refractivity contribution is 5.94. The fourth-order valence-corrected chi connectivity index (χ4v) is 5.15. The smallest absolute Gasteiger partial charge is 0.253 e. The first-order valence-electron chi connectivity index (χ1n) is 12.5. The summed E-state index contributed by atoms with van der Waals surface area (Å²) < 4.78 is 19.0. The summed E-state index contributed by atoms with van der Waals surface area (Å²) >= 11 is 0. The first-order valence-corrected chi connectivity index (χ1v) is 12.5. The third-order valence-corrected chi connectivity index (χ3v) is 6.84. The first-order chi connectivity index (χ1) is 17.3. The molecule has 1 N–H and O–H groups in total. The Hall–Kier alpha value is -3.38. The van der Waals surface area contributed by atoms with Crippen molar-refractivity contribution < 1.29 is 19.0 Å². The van der Waals surface area contributed by atoms with Crippen molar-refractivity contribution in [3.8, 4) is 11.5 Å². The highest BCUT2D eigenvalue weighted by Gasteiger charge is 2.36. The third-order valence-electron chi connectivity index (χ3n) is 6.84. The summed E-state index contributed by atoms with van der Waals surface area (Å²) in [5, 5.41) is 10.3. The number of rotatable bonds is 9. The van der Waals surface area contributed by atoms with E-state index in [4.69, 9.17) is 4.74 Å². The van der Waals surface area contributed by atoms with Gasteiger partial charge in [-0.25, -0.2) is 4.39 Å². The van der Waals surface area contributed by atoms with Crippen LogP contribution < -0.4 is 4.74 Å². The van der Waals surface area contributed by atoms with Gasteiger partial charge in [-0.2, -0.15) is 0 Å². The highest BCUT2D eigenvalue weighted by Crippen LogP contribution is 2.36. The molecular formula is C30H35FN2O3. The maximum atomic E-state index is 13.5. The van der Waals surface area contributed by atoms with E-state index in [0.717, 1.165) is 24.4 Å². The molecule has 0 unspecified atom stereocenters. The monoisotopic (exact) mass is 490 g/mol. The van der Waals surface area contributed by atoms with Crippen LogP contribution in [0.15, 0.2) is 72.8 Å². The van der Waals surface area contributed by atoms with Crippen LogP contribution in [0.4, 0.5) is 4.39 Å². The second-order valence-electron chi connectivity index (χ2n) is 10.1. The van der Waals surface area contributed by atoms with Gasteiger partial charge >= 0.3 is 0 Å². The van der Waals surface area contributed by atoms with Gasteiger partial charge in [0.15, 0.2) is 0 Å². The zero-order chi connectivity index (χ0) is 25.7. The minimum Gasteiger partial charge on any atom is -0.508 e. The Balaban J connectivity index is 1.61. The molecule has 0 spiro atoms. The quantitative estimate of drug-likeness (QED) is 0.427. The van der Waals surface area contributed by atoms with E-state index in [9.17, 15) is 14.3 Å². The Morgan fingerprint density at radius 2 is 1.83 bits per heavy atom. The second-order valence-corrected chi connectivity index (χ2v) is 10.1. The molecule has 1 aliphatic rings. The molecule has 0 aromatic heterocycles. The Kier molecular flexibility index (Phi) is 8.26. The number of ether oxygens (including phenoxy) is 1. The van der Waals surface area contributed by atoms with Crippen LogP contribution in [0.25, 0.3) is 0 Å². The van der Waals surface area contributed by atoms with Crippen LogP contribution in [0.3, 0.4) is 0 Å². The molecule has 3 aromatic rings. The number of hydrogen-bond donors (Lipinski definition) is 1. The molecule has 1 fully saturated rings. The number of likely N-dealkylation sites (tertiary alicyclic amines) is 1. The molecule has 190 valence electrons. The lowest BCUT2D eigenvalue weighted by atomic mass is 9.88. The molecule has 3 aromatic carbocycles. The van der Waals surface area contributed by atoms with Crippen LogP contribution in [-0.2, 0) is 6.54 Å². The van der Waals surface area contributed by atoms with Crippen LogP contribution in [-0.4, -0.2) is 54.1 Å². The lowest BCUT2D eigenvalue weighted by Gasteiger charge is -2.30. The Bertz CT molecular complexity index is 1160. The van der Waals surface area contributed by atoms with E-state index in [1.807, 2.05) is 35.2 Å². The van der Waals surface area contributed by atoms with E-state index >= 15 is 0 Å². The number of halogens is 1. The maximum Gasteiger partial charge on any atom is 0.253 e. The van der Waals surface area contributed by atoms with Gasteiger partial charge < -0.3 is 14.7 Å². The van der Waals surface area contributed by atoms with Crippen LogP contribution in [0.2, 0.25) is 0 Å². The van der Waals surface area contributed by atoms with Gasteiger partial charge in [0, 0.05) is 49.8 Å². The predicted molar refractivity (Wildman–Crippen MR) is 140 cm³/mol. The molecule has 6 heteroatoms. The zero-order valence-electron chi connectivity index (χ0n) is 21.2. The summed E-state index contributed by atoms with van der Waals surface area (Å²) in [6, 6.07) is 21.4. The summed E-state index contributed by atoms with van der Waals surface area (Å²) in [7, 11) is 1.67. The van der Waals surface area contributed by atoms with E-state index in [2.05, 4.69) is 30.9 Å². The number of phenols is 1. The molecule has 36 heavy (non-hydrogen) atoms. The minimum absolute atomic E-state index is 0.0766. The molecule has 0 bridgehead atoms. The van der Waals surface area contributed by atoms with Gasteiger partial charge in [0.25, 0.3) is 5.91 Å². The molecule has 0 radical (unpaired) electrons. The van der Waals surface area contributed by atoms with E-state index in [1.54, 1.807) is 25.3 Å². The number of para-hydroxylation sites is 1. The van der Waals surface area contributed by atoms with Gasteiger partial charge in [-0.15, -0.1) is 0 Å². The Morgan fingerprint density at radius 1 is 1.08 bits per heavy atom. The van der Waals surface area contributed by atoms with Crippen molar-refractivity contribution in [2.45, 2.75) is 26.3 Å². The summed E-state index contributed by atoms with van der Waals surface area (Å²) in [4.78, 5) is 17.7. The van der Waals surface area contributed by atoms with E-state index in [1.165, 1.54) is 17.7 Å². The molecular weight excluding hydrogens is 455 g/mol. The summed E-state index contributed by atoms with van der Waals surface area (Å²) in [5.74, 6) is 1.36. The predicted octanol–water partition coefficient (Wildman–Crippen LogP) is 5.55. The number of phenolic OH excluding ortho intramolecular Hbond substituents is 1. The maximum absolute atomic E-state index is 13.5. The van der Waals surface area contributed by atoms with Gasteiger partial charge in [-0.05, 0) is 59.9 Å². The largest absolute Gasteiger partial charge is 0.508 e. The molecule has 1 saturated heterocycles. The van der Waals surface area contributed by atoms with E-state index in [0.29, 0.717) is 36.9 Å². The number of nitrogens with zero attached hydrogens (tertiary/aromatic N) is 2. The topological polar surface area (TPSA) is 53.0 Å². The molecule has 2 atom stereocenters. The zero-order valence-corrected chi connectivity index (χ0v) is 21.2. The average molecular weight is 491 g/mol.